The zero-order chi connectivity index (χ0) is 13.3. The molecule has 2 N–H and O–H groups in total. The Morgan fingerprint density at radius 2 is 2.17 bits per heavy atom. The maximum absolute atomic E-state index is 14.0. The molecule has 5 heteroatoms. The van der Waals surface area contributed by atoms with E-state index >= 15 is 0 Å². The van der Waals surface area contributed by atoms with Gasteiger partial charge in [0.05, 0.1) is 16.2 Å². The normalized spacial score (nSPS) is 12.7. The summed E-state index contributed by atoms with van der Waals surface area (Å²) in [5, 5.41) is 4.33. The summed E-state index contributed by atoms with van der Waals surface area (Å²) >= 11 is 3.18. The number of halogens is 2. The first-order valence-electron chi connectivity index (χ1n) is 5.76. The van der Waals surface area contributed by atoms with Crippen LogP contribution in [0, 0.1) is 5.82 Å². The monoisotopic (exact) mass is 311 g/mol. The van der Waals surface area contributed by atoms with E-state index in [0.717, 1.165) is 17.7 Å². The third-order valence-electron chi connectivity index (χ3n) is 2.92. The highest BCUT2D eigenvalue weighted by Gasteiger charge is 2.19. The van der Waals surface area contributed by atoms with E-state index in [1.807, 2.05) is 20.2 Å². The molecular weight excluding hydrogens is 297 g/mol. The van der Waals surface area contributed by atoms with E-state index in [0.29, 0.717) is 10.0 Å². The Hall–Kier alpha value is -1.20. The average molecular weight is 312 g/mol. The van der Waals surface area contributed by atoms with E-state index in [1.54, 1.807) is 22.9 Å². The second kappa shape index (κ2) is 5.20. The Balaban J connectivity index is 2.47. The summed E-state index contributed by atoms with van der Waals surface area (Å²) in [4.78, 5) is 0. The van der Waals surface area contributed by atoms with Gasteiger partial charge in [0.25, 0.3) is 0 Å². The molecule has 2 rings (SSSR count). The van der Waals surface area contributed by atoms with Crippen LogP contribution < -0.4 is 5.73 Å². The molecule has 1 aromatic carbocycles. The number of hydrogen-bond acceptors (Lipinski definition) is 2. The molecule has 3 nitrogen and oxygen atoms in total. The predicted octanol–water partition coefficient (Wildman–Crippen LogP) is 2.93. The van der Waals surface area contributed by atoms with Gasteiger partial charge in [-0.1, -0.05) is 19.1 Å². The summed E-state index contributed by atoms with van der Waals surface area (Å²) in [7, 11) is 1.84. The molecule has 1 aromatic heterocycles. The molecule has 96 valence electrons. The predicted molar refractivity (Wildman–Crippen MR) is 72.7 cm³/mol. The number of benzene rings is 1. The summed E-state index contributed by atoms with van der Waals surface area (Å²) in [5.41, 5.74) is 8.42. The van der Waals surface area contributed by atoms with E-state index in [4.69, 9.17) is 5.73 Å². The van der Waals surface area contributed by atoms with Gasteiger partial charge in [-0.05, 0) is 28.4 Å². The highest BCUT2D eigenvalue weighted by molar-refractivity contribution is 9.10. The smallest absolute Gasteiger partial charge is 0.142 e. The molecule has 0 aliphatic carbocycles. The fraction of sp³-hybridized carbons (Fsp3) is 0.308. The van der Waals surface area contributed by atoms with Crippen molar-refractivity contribution in [2.75, 3.05) is 0 Å². The van der Waals surface area contributed by atoms with Crippen molar-refractivity contribution in [3.05, 3.63) is 51.5 Å². The molecule has 2 aromatic rings. The number of aryl methyl sites for hydroxylation is 2. The van der Waals surface area contributed by atoms with Gasteiger partial charge in [0, 0.05) is 24.4 Å². The van der Waals surface area contributed by atoms with Gasteiger partial charge in [-0.25, -0.2) is 4.39 Å². The minimum Gasteiger partial charge on any atom is -0.320 e. The lowest BCUT2D eigenvalue weighted by Crippen LogP contribution is -2.15. The molecular formula is C13H15BrFN3. The molecule has 0 fully saturated rings. The van der Waals surface area contributed by atoms with Gasteiger partial charge < -0.3 is 5.73 Å². The van der Waals surface area contributed by atoms with Gasteiger partial charge >= 0.3 is 0 Å². The second-order valence-electron chi connectivity index (χ2n) is 4.18. The standard InChI is InChI=1S/C13H15BrFN3/c1-3-11-9(7-18(2)17-11)13(16)8-5-4-6-10(14)12(8)15/h4-7,13H,3,16H2,1-2H3. The molecule has 1 heterocycles. The Labute approximate surface area is 114 Å². The van der Waals surface area contributed by atoms with Gasteiger partial charge in [0.15, 0.2) is 0 Å². The van der Waals surface area contributed by atoms with Crippen LogP contribution in [0.3, 0.4) is 0 Å². The first kappa shape index (κ1) is 13.2. The van der Waals surface area contributed by atoms with Crippen molar-refractivity contribution in [2.45, 2.75) is 19.4 Å². The Kier molecular flexibility index (Phi) is 3.82. The second-order valence-corrected chi connectivity index (χ2v) is 5.03. The van der Waals surface area contributed by atoms with E-state index in [9.17, 15) is 4.39 Å². The minimum absolute atomic E-state index is 0.309. The van der Waals surface area contributed by atoms with Crippen molar-refractivity contribution in [1.29, 1.82) is 0 Å². The fourth-order valence-corrected chi connectivity index (χ4v) is 2.40. The number of rotatable bonds is 3. The molecule has 0 aliphatic rings. The molecule has 18 heavy (non-hydrogen) atoms. The lowest BCUT2D eigenvalue weighted by atomic mass is 9.99. The van der Waals surface area contributed by atoms with Gasteiger partial charge in [-0.3, -0.25) is 4.68 Å². The SMILES string of the molecule is CCc1nn(C)cc1C(N)c1cccc(Br)c1F. The van der Waals surface area contributed by atoms with Gasteiger partial charge in [-0.15, -0.1) is 0 Å². The largest absolute Gasteiger partial charge is 0.320 e. The van der Waals surface area contributed by atoms with Crippen LogP contribution in [0.25, 0.3) is 0 Å². The first-order valence-corrected chi connectivity index (χ1v) is 6.55. The molecule has 1 atom stereocenters. The minimum atomic E-state index is -0.494. The molecule has 0 aliphatic heterocycles. The lowest BCUT2D eigenvalue weighted by Gasteiger charge is -2.13. The number of nitrogens with two attached hydrogens (primary N) is 1. The maximum atomic E-state index is 14.0. The molecule has 0 radical (unpaired) electrons. The van der Waals surface area contributed by atoms with Crippen molar-refractivity contribution in [1.82, 2.24) is 9.78 Å². The van der Waals surface area contributed by atoms with Crippen molar-refractivity contribution in [3.8, 4) is 0 Å². The van der Waals surface area contributed by atoms with Crippen molar-refractivity contribution >= 4 is 15.9 Å². The highest BCUT2D eigenvalue weighted by atomic mass is 79.9. The van der Waals surface area contributed by atoms with E-state index in [2.05, 4.69) is 21.0 Å². The molecule has 0 bridgehead atoms. The third-order valence-corrected chi connectivity index (χ3v) is 3.54. The maximum Gasteiger partial charge on any atom is 0.142 e. The van der Waals surface area contributed by atoms with Crippen LogP contribution in [0.5, 0.6) is 0 Å². The van der Waals surface area contributed by atoms with E-state index < -0.39 is 6.04 Å². The van der Waals surface area contributed by atoms with Crippen LogP contribution in [0.15, 0.2) is 28.9 Å². The third kappa shape index (κ3) is 2.33. The average Bonchev–Trinajstić information content (AvgIpc) is 2.73. The first-order chi connectivity index (χ1) is 8.54. The van der Waals surface area contributed by atoms with Gasteiger partial charge in [0.1, 0.15) is 5.82 Å². The van der Waals surface area contributed by atoms with E-state index in [1.165, 1.54) is 0 Å². The summed E-state index contributed by atoms with van der Waals surface area (Å²) in [6, 6.07) is 4.66. The molecule has 0 saturated heterocycles. The number of hydrogen-bond donors (Lipinski definition) is 1. The van der Waals surface area contributed by atoms with E-state index in [-0.39, 0.29) is 5.82 Å². The highest BCUT2D eigenvalue weighted by Crippen LogP contribution is 2.28. The quantitative estimate of drug-likeness (QED) is 0.947. The van der Waals surface area contributed by atoms with Crippen molar-refractivity contribution in [3.63, 3.8) is 0 Å². The van der Waals surface area contributed by atoms with Crippen molar-refractivity contribution in [2.24, 2.45) is 12.8 Å². The fourth-order valence-electron chi connectivity index (χ4n) is 2.02. The summed E-state index contributed by atoms with van der Waals surface area (Å²) in [6.45, 7) is 2.01. The van der Waals surface area contributed by atoms with Crippen LogP contribution in [0.1, 0.15) is 29.8 Å². The zero-order valence-corrected chi connectivity index (χ0v) is 11.9. The summed E-state index contributed by atoms with van der Waals surface area (Å²) in [5.74, 6) is -0.309. The van der Waals surface area contributed by atoms with Crippen LogP contribution >= 0.6 is 15.9 Å². The van der Waals surface area contributed by atoms with Crippen LogP contribution in [-0.2, 0) is 13.5 Å². The van der Waals surface area contributed by atoms with Gasteiger partial charge in [-0.2, -0.15) is 5.10 Å². The van der Waals surface area contributed by atoms with Crippen molar-refractivity contribution < 1.29 is 4.39 Å². The Morgan fingerprint density at radius 3 is 2.83 bits per heavy atom. The summed E-state index contributed by atoms with van der Waals surface area (Å²) in [6.07, 6.45) is 2.63. The van der Waals surface area contributed by atoms with Crippen LogP contribution in [-0.4, -0.2) is 9.78 Å². The lowest BCUT2D eigenvalue weighted by molar-refractivity contribution is 0.592. The number of nitrogens with zero attached hydrogens (tertiary/aromatic N) is 2. The molecule has 0 amide bonds. The molecule has 0 spiro atoms. The summed E-state index contributed by atoms with van der Waals surface area (Å²) < 4.78 is 16.2. The Bertz CT molecular complexity index is 565. The van der Waals surface area contributed by atoms with Crippen LogP contribution in [0.4, 0.5) is 4.39 Å². The Morgan fingerprint density at radius 1 is 1.44 bits per heavy atom. The molecule has 0 saturated carbocycles. The zero-order valence-electron chi connectivity index (χ0n) is 10.3. The van der Waals surface area contributed by atoms with Gasteiger partial charge in [0.2, 0.25) is 0 Å². The molecule has 1 unspecified atom stereocenters. The number of aromatic nitrogens is 2. The topological polar surface area (TPSA) is 43.8 Å². The van der Waals surface area contributed by atoms with Crippen LogP contribution in [0.2, 0.25) is 0 Å².